The summed E-state index contributed by atoms with van der Waals surface area (Å²) < 4.78 is 34.2. The number of nitrogens with one attached hydrogen (secondary N) is 2. The second kappa shape index (κ2) is 10.7. The molecule has 0 spiro atoms. The maximum Gasteiger partial charge on any atom is 0.262 e. The first-order chi connectivity index (χ1) is 16.1. The number of amides is 1. The minimum Gasteiger partial charge on any atom is -0.497 e. The van der Waals surface area contributed by atoms with Crippen molar-refractivity contribution in [3.05, 3.63) is 89.0 Å². The third kappa shape index (κ3) is 6.17. The molecule has 3 aromatic carbocycles. The van der Waals surface area contributed by atoms with E-state index >= 15 is 0 Å². The fourth-order valence-electron chi connectivity index (χ4n) is 3.75. The Morgan fingerprint density at radius 2 is 1.62 bits per heavy atom. The number of methoxy groups -OCH3 is 1. The molecule has 0 aliphatic rings. The van der Waals surface area contributed by atoms with Crippen LogP contribution in [-0.4, -0.2) is 21.4 Å². The van der Waals surface area contributed by atoms with Crippen molar-refractivity contribution in [3.63, 3.8) is 0 Å². The van der Waals surface area contributed by atoms with Gasteiger partial charge in [-0.2, -0.15) is 0 Å². The Bertz CT molecular complexity index is 1250. The summed E-state index contributed by atoms with van der Waals surface area (Å²) in [6, 6.07) is 19.3. The first kappa shape index (κ1) is 25.3. The van der Waals surface area contributed by atoms with Crippen LogP contribution in [0.5, 0.6) is 5.75 Å². The molecule has 1 atom stereocenters. The molecule has 0 radical (unpaired) electrons. The summed E-state index contributed by atoms with van der Waals surface area (Å²) >= 11 is 0. The van der Waals surface area contributed by atoms with Gasteiger partial charge in [0.05, 0.1) is 23.7 Å². The highest BCUT2D eigenvalue weighted by Gasteiger charge is 2.22. The van der Waals surface area contributed by atoms with Gasteiger partial charge in [0.1, 0.15) is 5.75 Å². The Labute approximate surface area is 202 Å². The number of sulfonamides is 1. The molecule has 180 valence electrons. The van der Waals surface area contributed by atoms with Crippen molar-refractivity contribution in [2.45, 2.75) is 45.1 Å². The van der Waals surface area contributed by atoms with Crippen molar-refractivity contribution in [2.75, 3.05) is 11.8 Å². The van der Waals surface area contributed by atoms with Crippen LogP contribution >= 0.6 is 0 Å². The third-order valence-electron chi connectivity index (χ3n) is 5.66. The predicted octanol–water partition coefficient (Wildman–Crippen LogP) is 5.63. The summed E-state index contributed by atoms with van der Waals surface area (Å²) in [5.41, 5.74) is 3.13. The van der Waals surface area contributed by atoms with Crippen molar-refractivity contribution < 1.29 is 17.9 Å². The first-order valence-corrected chi connectivity index (χ1v) is 12.7. The summed E-state index contributed by atoms with van der Waals surface area (Å²) in [7, 11) is -2.26. The molecule has 0 aromatic heterocycles. The molecule has 6 nitrogen and oxygen atoms in total. The maximum absolute atomic E-state index is 13.2. The lowest BCUT2D eigenvalue weighted by Crippen LogP contribution is -2.30. The smallest absolute Gasteiger partial charge is 0.262 e. The van der Waals surface area contributed by atoms with Gasteiger partial charge in [-0.25, -0.2) is 8.42 Å². The van der Waals surface area contributed by atoms with Crippen LogP contribution < -0.4 is 14.8 Å². The van der Waals surface area contributed by atoms with Gasteiger partial charge in [0, 0.05) is 5.56 Å². The number of hydrogen-bond acceptors (Lipinski definition) is 4. The van der Waals surface area contributed by atoms with Crippen molar-refractivity contribution in [1.29, 1.82) is 0 Å². The molecular formula is C27H32N2O4S. The number of carbonyl (C=O) groups is 1. The molecule has 34 heavy (non-hydrogen) atoms. The average Bonchev–Trinajstić information content (AvgIpc) is 2.80. The Morgan fingerprint density at radius 3 is 2.24 bits per heavy atom. The van der Waals surface area contributed by atoms with Crippen LogP contribution in [0.2, 0.25) is 0 Å². The van der Waals surface area contributed by atoms with E-state index in [2.05, 4.69) is 23.9 Å². The van der Waals surface area contributed by atoms with Crippen LogP contribution in [0.25, 0.3) is 0 Å². The van der Waals surface area contributed by atoms with Gasteiger partial charge in [-0.05, 0) is 73.2 Å². The molecule has 0 heterocycles. The van der Waals surface area contributed by atoms with Gasteiger partial charge >= 0.3 is 0 Å². The van der Waals surface area contributed by atoms with Gasteiger partial charge in [0.2, 0.25) is 0 Å². The van der Waals surface area contributed by atoms with E-state index in [-0.39, 0.29) is 22.4 Å². The summed E-state index contributed by atoms with van der Waals surface area (Å²) in [6.45, 7) is 7.74. The van der Waals surface area contributed by atoms with Crippen LogP contribution in [0.15, 0.2) is 71.6 Å². The van der Waals surface area contributed by atoms with Gasteiger partial charge in [0.15, 0.2) is 0 Å². The van der Waals surface area contributed by atoms with Crippen LogP contribution in [0.4, 0.5) is 5.69 Å². The fourth-order valence-corrected chi connectivity index (χ4v) is 5.15. The Kier molecular flexibility index (Phi) is 7.99. The minimum atomic E-state index is -3.87. The normalized spacial score (nSPS) is 12.3. The molecule has 0 saturated carbocycles. The van der Waals surface area contributed by atoms with Gasteiger partial charge < -0.3 is 10.1 Å². The zero-order valence-corrected chi connectivity index (χ0v) is 21.1. The quantitative estimate of drug-likeness (QED) is 0.416. The SMILES string of the molecule is COc1ccc([C@@H](CC(C)C)NC(=O)c2ccc(C)c(S(=O)(=O)Nc3ccccc3C)c2)cc1. The molecule has 2 N–H and O–H groups in total. The highest BCUT2D eigenvalue weighted by atomic mass is 32.2. The standard InChI is InChI=1S/C27H32N2O4S/c1-18(2)16-25(21-12-14-23(33-5)15-13-21)28-27(30)22-11-10-20(4)26(17-22)34(31,32)29-24-9-7-6-8-19(24)3/h6-15,17-18,25,29H,16H2,1-5H3,(H,28,30)/t25-/m1/s1. The molecule has 0 saturated heterocycles. The van der Waals surface area contributed by atoms with E-state index in [1.165, 1.54) is 6.07 Å². The second-order valence-corrected chi connectivity index (χ2v) is 10.5. The van der Waals surface area contributed by atoms with E-state index < -0.39 is 10.0 Å². The van der Waals surface area contributed by atoms with Crippen LogP contribution in [0.1, 0.15) is 53.4 Å². The number of hydrogen-bond donors (Lipinski definition) is 2. The zero-order chi connectivity index (χ0) is 24.9. The Hall–Kier alpha value is -3.32. The molecule has 0 aliphatic heterocycles. The average molecular weight is 481 g/mol. The fraction of sp³-hybridized carbons (Fsp3) is 0.296. The van der Waals surface area contributed by atoms with E-state index in [9.17, 15) is 13.2 Å². The van der Waals surface area contributed by atoms with E-state index in [4.69, 9.17) is 4.74 Å². The number of para-hydroxylation sites is 1. The van der Waals surface area contributed by atoms with Crippen molar-refractivity contribution >= 4 is 21.6 Å². The predicted molar refractivity (Wildman–Crippen MR) is 136 cm³/mol. The lowest BCUT2D eigenvalue weighted by Gasteiger charge is -2.22. The van der Waals surface area contributed by atoms with Crippen LogP contribution in [-0.2, 0) is 10.0 Å². The van der Waals surface area contributed by atoms with Crippen molar-refractivity contribution in [2.24, 2.45) is 5.92 Å². The molecule has 0 bridgehead atoms. The van der Waals surface area contributed by atoms with Crippen molar-refractivity contribution in [1.82, 2.24) is 5.32 Å². The minimum absolute atomic E-state index is 0.0771. The van der Waals surface area contributed by atoms with Gasteiger partial charge in [-0.15, -0.1) is 0 Å². The summed E-state index contributed by atoms with van der Waals surface area (Å²) in [5.74, 6) is 0.765. The van der Waals surface area contributed by atoms with E-state index in [1.54, 1.807) is 38.3 Å². The second-order valence-electron chi connectivity index (χ2n) is 8.83. The van der Waals surface area contributed by atoms with E-state index in [0.29, 0.717) is 17.2 Å². The third-order valence-corrected chi connectivity index (χ3v) is 7.17. The summed E-state index contributed by atoms with van der Waals surface area (Å²) in [6.07, 6.45) is 0.740. The number of ether oxygens (including phenoxy) is 1. The molecule has 1 amide bonds. The lowest BCUT2D eigenvalue weighted by molar-refractivity contribution is 0.0931. The summed E-state index contributed by atoms with van der Waals surface area (Å²) in [4.78, 5) is 13.3. The zero-order valence-electron chi connectivity index (χ0n) is 20.3. The maximum atomic E-state index is 13.2. The first-order valence-electron chi connectivity index (χ1n) is 11.2. The van der Waals surface area contributed by atoms with Gasteiger partial charge in [-0.3, -0.25) is 9.52 Å². The lowest BCUT2D eigenvalue weighted by atomic mass is 9.96. The highest BCUT2D eigenvalue weighted by Crippen LogP contribution is 2.26. The molecule has 7 heteroatoms. The van der Waals surface area contributed by atoms with Gasteiger partial charge in [0.25, 0.3) is 15.9 Å². The monoisotopic (exact) mass is 480 g/mol. The van der Waals surface area contributed by atoms with E-state index in [0.717, 1.165) is 23.3 Å². The highest BCUT2D eigenvalue weighted by molar-refractivity contribution is 7.92. The number of benzene rings is 3. The molecular weight excluding hydrogens is 448 g/mol. The molecule has 0 fully saturated rings. The van der Waals surface area contributed by atoms with Gasteiger partial charge in [-0.1, -0.05) is 50.2 Å². The molecule has 0 aliphatic carbocycles. The number of aryl methyl sites for hydroxylation is 2. The molecule has 0 unspecified atom stereocenters. The Balaban J connectivity index is 1.88. The van der Waals surface area contributed by atoms with E-state index in [1.807, 2.05) is 43.3 Å². The van der Waals surface area contributed by atoms with Crippen LogP contribution in [0.3, 0.4) is 0 Å². The van der Waals surface area contributed by atoms with Crippen molar-refractivity contribution in [3.8, 4) is 5.75 Å². The summed E-state index contributed by atoms with van der Waals surface area (Å²) in [5, 5.41) is 3.08. The van der Waals surface area contributed by atoms with Crippen LogP contribution in [0, 0.1) is 19.8 Å². The number of rotatable bonds is 9. The molecule has 3 aromatic rings. The Morgan fingerprint density at radius 1 is 0.941 bits per heavy atom. The number of carbonyl (C=O) groups excluding carboxylic acids is 1. The molecule has 3 rings (SSSR count). The topological polar surface area (TPSA) is 84.5 Å². The number of anilines is 1. The largest absolute Gasteiger partial charge is 0.497 e.